The first kappa shape index (κ1) is 12.9. The van der Waals surface area contributed by atoms with Crippen molar-refractivity contribution in [3.05, 3.63) is 41.6 Å². The lowest BCUT2D eigenvalue weighted by molar-refractivity contribution is -0.136. The van der Waals surface area contributed by atoms with Crippen LogP contribution in [0.25, 0.3) is 0 Å². The number of aliphatic carboxylic acids is 1. The van der Waals surface area contributed by atoms with Gasteiger partial charge in [-0.3, -0.25) is 14.3 Å². The summed E-state index contributed by atoms with van der Waals surface area (Å²) in [5, 5.41) is 15.4. The number of hydrogen-bond donors (Lipinski definition) is 2. The highest BCUT2D eigenvalue weighted by atomic mass is 16.4. The maximum atomic E-state index is 11.9. The minimum atomic E-state index is -1.05. The van der Waals surface area contributed by atoms with Crippen LogP contribution in [0, 0.1) is 0 Å². The fraction of sp³-hybridized carbons (Fsp3) is 0.250. The van der Waals surface area contributed by atoms with Crippen molar-refractivity contribution in [3.8, 4) is 0 Å². The van der Waals surface area contributed by atoms with Crippen LogP contribution in [0.1, 0.15) is 21.7 Å². The zero-order valence-electron chi connectivity index (χ0n) is 10.3. The molecule has 2 rings (SSSR count). The highest BCUT2D eigenvalue weighted by molar-refractivity contribution is 5.95. The summed E-state index contributed by atoms with van der Waals surface area (Å²) >= 11 is 0. The molecule has 0 aromatic carbocycles. The summed E-state index contributed by atoms with van der Waals surface area (Å²) in [4.78, 5) is 22.5. The quantitative estimate of drug-likeness (QED) is 0.822. The molecule has 2 heterocycles. The molecule has 0 aliphatic carbocycles. The Morgan fingerprint density at radius 3 is 2.95 bits per heavy atom. The number of carboxylic acids is 1. The molecule has 7 heteroatoms. The van der Waals surface area contributed by atoms with Crippen LogP contribution in [0.3, 0.4) is 0 Å². The van der Waals surface area contributed by atoms with Crippen LogP contribution < -0.4 is 5.32 Å². The zero-order chi connectivity index (χ0) is 13.8. The number of hydrogen-bond acceptors (Lipinski definition) is 4. The van der Waals surface area contributed by atoms with E-state index < -0.39 is 5.97 Å². The van der Waals surface area contributed by atoms with E-state index in [0.29, 0.717) is 6.54 Å². The van der Waals surface area contributed by atoms with Crippen molar-refractivity contribution in [2.45, 2.75) is 13.0 Å². The average molecular weight is 263 g/mol. The molecule has 7 nitrogen and oxygen atoms in total. The van der Waals surface area contributed by atoms with Crippen LogP contribution in [0.15, 0.2) is 29.1 Å². The Morgan fingerprint density at radius 1 is 1.53 bits per heavy atom. The SMILES string of the molecule is Cn1cc(CNC(=O)c2ccoc2CC(=O)O)cn1. The van der Waals surface area contributed by atoms with E-state index in [9.17, 15) is 9.59 Å². The van der Waals surface area contributed by atoms with E-state index in [-0.39, 0.29) is 23.7 Å². The molecule has 0 atom stereocenters. The van der Waals surface area contributed by atoms with Crippen LogP contribution in [0.4, 0.5) is 0 Å². The number of nitrogens with one attached hydrogen (secondary N) is 1. The number of amides is 1. The highest BCUT2D eigenvalue weighted by Gasteiger charge is 2.16. The number of carbonyl (C=O) groups is 2. The van der Waals surface area contributed by atoms with Gasteiger partial charge in [0, 0.05) is 25.4 Å². The summed E-state index contributed by atoms with van der Waals surface area (Å²) in [5.74, 6) is -1.26. The smallest absolute Gasteiger partial charge is 0.311 e. The fourth-order valence-corrected chi connectivity index (χ4v) is 1.66. The van der Waals surface area contributed by atoms with E-state index in [0.717, 1.165) is 5.56 Å². The minimum absolute atomic E-state index is 0.149. The number of aryl methyl sites for hydroxylation is 1. The minimum Gasteiger partial charge on any atom is -0.481 e. The molecule has 0 saturated carbocycles. The van der Waals surface area contributed by atoms with Crippen molar-refractivity contribution < 1.29 is 19.1 Å². The van der Waals surface area contributed by atoms with Gasteiger partial charge in [-0.15, -0.1) is 0 Å². The normalized spacial score (nSPS) is 10.4. The third kappa shape index (κ3) is 3.21. The van der Waals surface area contributed by atoms with Gasteiger partial charge in [0.2, 0.25) is 0 Å². The predicted octanol–water partition coefficient (Wildman–Crippen LogP) is 0.570. The number of rotatable bonds is 5. The predicted molar refractivity (Wildman–Crippen MR) is 64.4 cm³/mol. The van der Waals surface area contributed by atoms with Gasteiger partial charge in [0.25, 0.3) is 5.91 Å². The second-order valence-corrected chi connectivity index (χ2v) is 4.03. The third-order valence-corrected chi connectivity index (χ3v) is 2.51. The molecular formula is C12H13N3O4. The van der Waals surface area contributed by atoms with Crippen molar-refractivity contribution >= 4 is 11.9 Å². The molecule has 2 aromatic rings. The number of carboxylic acid groups (broad SMARTS) is 1. The summed E-state index contributed by atoms with van der Waals surface area (Å²) in [6.45, 7) is 0.324. The standard InChI is InChI=1S/C12H13N3O4/c1-15-7-8(6-14-15)5-13-12(18)9-2-3-19-10(9)4-11(16)17/h2-3,6-7H,4-5H2,1H3,(H,13,18)(H,16,17). The Labute approximate surface area is 108 Å². The van der Waals surface area contributed by atoms with Crippen molar-refractivity contribution in [1.29, 1.82) is 0 Å². The molecular weight excluding hydrogens is 250 g/mol. The van der Waals surface area contributed by atoms with Gasteiger partial charge in [-0.25, -0.2) is 0 Å². The summed E-state index contributed by atoms with van der Waals surface area (Å²) in [7, 11) is 1.78. The lowest BCUT2D eigenvalue weighted by atomic mass is 10.2. The van der Waals surface area contributed by atoms with Crippen molar-refractivity contribution in [1.82, 2.24) is 15.1 Å². The molecule has 0 unspecified atom stereocenters. The topological polar surface area (TPSA) is 97.4 Å². The Hall–Kier alpha value is -2.57. The van der Waals surface area contributed by atoms with Crippen molar-refractivity contribution in [2.75, 3.05) is 0 Å². The van der Waals surface area contributed by atoms with Gasteiger partial charge >= 0.3 is 5.97 Å². The number of carbonyl (C=O) groups excluding carboxylic acids is 1. The molecule has 2 N–H and O–H groups in total. The summed E-state index contributed by atoms with van der Waals surface area (Å²) < 4.78 is 6.63. The molecule has 0 bridgehead atoms. The molecule has 19 heavy (non-hydrogen) atoms. The molecule has 0 fully saturated rings. The van der Waals surface area contributed by atoms with Gasteiger partial charge < -0.3 is 14.8 Å². The fourth-order valence-electron chi connectivity index (χ4n) is 1.66. The van der Waals surface area contributed by atoms with Gasteiger partial charge in [-0.2, -0.15) is 5.10 Å². The molecule has 0 saturated heterocycles. The van der Waals surface area contributed by atoms with Crippen molar-refractivity contribution in [3.63, 3.8) is 0 Å². The van der Waals surface area contributed by atoms with Gasteiger partial charge in [0.15, 0.2) is 0 Å². The monoisotopic (exact) mass is 263 g/mol. The Kier molecular flexibility index (Phi) is 3.65. The molecule has 0 spiro atoms. The maximum absolute atomic E-state index is 11.9. The first-order chi connectivity index (χ1) is 9.06. The van der Waals surface area contributed by atoms with E-state index in [2.05, 4.69) is 10.4 Å². The first-order valence-corrected chi connectivity index (χ1v) is 5.60. The summed E-state index contributed by atoms with van der Waals surface area (Å²) in [6.07, 6.45) is 4.42. The van der Waals surface area contributed by atoms with E-state index in [1.54, 1.807) is 24.1 Å². The molecule has 1 amide bonds. The molecule has 2 aromatic heterocycles. The van der Waals surface area contributed by atoms with E-state index in [4.69, 9.17) is 9.52 Å². The van der Waals surface area contributed by atoms with Crippen LogP contribution in [-0.2, 0) is 24.8 Å². The third-order valence-electron chi connectivity index (χ3n) is 2.51. The summed E-state index contributed by atoms with van der Waals surface area (Å²) in [6, 6.07) is 1.46. The van der Waals surface area contributed by atoms with Crippen LogP contribution in [0.2, 0.25) is 0 Å². The second-order valence-electron chi connectivity index (χ2n) is 4.03. The Bertz CT molecular complexity index is 600. The van der Waals surface area contributed by atoms with Crippen LogP contribution >= 0.6 is 0 Å². The van der Waals surface area contributed by atoms with E-state index >= 15 is 0 Å². The van der Waals surface area contributed by atoms with Gasteiger partial charge in [-0.1, -0.05) is 0 Å². The van der Waals surface area contributed by atoms with Gasteiger partial charge in [0.1, 0.15) is 12.2 Å². The molecule has 100 valence electrons. The Morgan fingerprint density at radius 2 is 2.32 bits per heavy atom. The first-order valence-electron chi connectivity index (χ1n) is 5.60. The molecule has 0 aliphatic rings. The number of aromatic nitrogens is 2. The highest BCUT2D eigenvalue weighted by Crippen LogP contribution is 2.11. The Balaban J connectivity index is 2.00. The van der Waals surface area contributed by atoms with Crippen LogP contribution in [0.5, 0.6) is 0 Å². The average Bonchev–Trinajstić information content (AvgIpc) is 2.94. The summed E-state index contributed by atoms with van der Waals surface area (Å²) in [5.41, 5.74) is 1.10. The zero-order valence-corrected chi connectivity index (χ0v) is 10.3. The number of nitrogens with zero attached hydrogens (tertiary/aromatic N) is 2. The lowest BCUT2D eigenvalue weighted by Gasteiger charge is -2.03. The molecule has 0 radical (unpaired) electrons. The van der Waals surface area contributed by atoms with E-state index in [1.807, 2.05) is 0 Å². The number of furan rings is 1. The van der Waals surface area contributed by atoms with Gasteiger partial charge in [0.05, 0.1) is 18.0 Å². The maximum Gasteiger partial charge on any atom is 0.311 e. The van der Waals surface area contributed by atoms with Crippen LogP contribution in [-0.4, -0.2) is 26.8 Å². The molecule has 0 aliphatic heterocycles. The van der Waals surface area contributed by atoms with Gasteiger partial charge in [-0.05, 0) is 6.07 Å². The lowest BCUT2D eigenvalue weighted by Crippen LogP contribution is -2.23. The second kappa shape index (κ2) is 5.38. The van der Waals surface area contributed by atoms with Crippen molar-refractivity contribution in [2.24, 2.45) is 7.05 Å². The largest absolute Gasteiger partial charge is 0.481 e. The van der Waals surface area contributed by atoms with E-state index in [1.165, 1.54) is 12.3 Å².